The molecule has 1 aliphatic carbocycles. The number of guanidine groups is 1. The Bertz CT molecular complexity index is 1380. The van der Waals surface area contributed by atoms with Crippen molar-refractivity contribution in [2.24, 2.45) is 15.8 Å². The van der Waals surface area contributed by atoms with Gasteiger partial charge in [-0.15, -0.1) is 5.11 Å². The van der Waals surface area contributed by atoms with Crippen LogP contribution in [0.15, 0.2) is 93.5 Å². The third kappa shape index (κ3) is 7.48. The number of carbonyl (C=O) groups excluding carboxylic acids is 2. The second kappa shape index (κ2) is 13.1. The molecule has 0 aromatic heterocycles. The van der Waals surface area contributed by atoms with E-state index in [0.717, 1.165) is 34.1 Å². The van der Waals surface area contributed by atoms with Crippen LogP contribution in [0.25, 0.3) is 5.57 Å². The maximum Gasteiger partial charge on any atom is 0.322 e. The summed E-state index contributed by atoms with van der Waals surface area (Å²) in [4.78, 5) is 31.1. The van der Waals surface area contributed by atoms with E-state index in [-0.39, 0.29) is 12.1 Å². The summed E-state index contributed by atoms with van der Waals surface area (Å²) in [6, 6.07) is 22.3. The van der Waals surface area contributed by atoms with Gasteiger partial charge in [-0.1, -0.05) is 58.4 Å². The molecular weight excluding hydrogens is 556 g/mol. The lowest BCUT2D eigenvalue weighted by atomic mass is 9.93. The first-order valence-corrected chi connectivity index (χ1v) is 13.6. The van der Waals surface area contributed by atoms with E-state index in [1.54, 1.807) is 29.2 Å². The Morgan fingerprint density at radius 1 is 1.03 bits per heavy atom. The number of benzene rings is 3. The number of amides is 3. The summed E-state index contributed by atoms with van der Waals surface area (Å²) in [5.74, 6) is -0.986. The molecule has 1 unspecified atom stereocenters. The Balaban J connectivity index is 1.57. The Kier molecular flexibility index (Phi) is 9.38. The van der Waals surface area contributed by atoms with Gasteiger partial charge in [-0.05, 0) is 91.3 Å². The smallest absolute Gasteiger partial charge is 0.322 e. The molecular formula is C30H31BrN6O2. The second-order valence-corrected chi connectivity index (χ2v) is 10.3. The summed E-state index contributed by atoms with van der Waals surface area (Å²) in [7, 11) is 0. The largest absolute Gasteiger partial charge is 0.366 e. The van der Waals surface area contributed by atoms with E-state index in [1.165, 1.54) is 24.0 Å². The van der Waals surface area contributed by atoms with E-state index in [4.69, 9.17) is 11.3 Å². The predicted octanol–water partition coefficient (Wildman–Crippen LogP) is 7.37. The van der Waals surface area contributed by atoms with Crippen LogP contribution < -0.4 is 16.0 Å². The van der Waals surface area contributed by atoms with E-state index >= 15 is 0 Å². The van der Waals surface area contributed by atoms with E-state index in [0.29, 0.717) is 12.1 Å². The van der Waals surface area contributed by atoms with Crippen molar-refractivity contribution in [3.8, 4) is 0 Å². The average Bonchev–Trinajstić information content (AvgIpc) is 2.97. The maximum atomic E-state index is 13.6. The van der Waals surface area contributed by atoms with Gasteiger partial charge in [-0.25, -0.2) is 10.3 Å². The summed E-state index contributed by atoms with van der Waals surface area (Å²) in [6.45, 7) is 2.25. The number of carbonyl (C=O) groups is 2. The molecule has 0 heterocycles. The highest BCUT2D eigenvalue weighted by atomic mass is 79.9. The van der Waals surface area contributed by atoms with Crippen LogP contribution in [0.4, 0.5) is 10.5 Å². The molecule has 0 aliphatic heterocycles. The monoisotopic (exact) mass is 586 g/mol. The average molecular weight is 588 g/mol. The second-order valence-electron chi connectivity index (χ2n) is 9.41. The lowest BCUT2D eigenvalue weighted by Gasteiger charge is -2.26. The molecule has 1 aliphatic rings. The number of allylic oxidation sites excluding steroid dienone is 2. The van der Waals surface area contributed by atoms with Gasteiger partial charge in [0, 0.05) is 15.7 Å². The third-order valence-electron chi connectivity index (χ3n) is 6.67. The van der Waals surface area contributed by atoms with E-state index in [1.807, 2.05) is 43.3 Å². The molecule has 9 heteroatoms. The number of hydrogen-bond donors (Lipinski definition) is 3. The van der Waals surface area contributed by atoms with Crippen molar-refractivity contribution in [1.82, 2.24) is 5.32 Å². The normalized spacial score (nSPS) is 14.2. The first-order chi connectivity index (χ1) is 18.8. The van der Waals surface area contributed by atoms with Crippen molar-refractivity contribution in [1.29, 1.82) is 5.53 Å². The summed E-state index contributed by atoms with van der Waals surface area (Å²) in [5, 5.41) is 6.07. The zero-order chi connectivity index (χ0) is 27.8. The van der Waals surface area contributed by atoms with E-state index in [9.17, 15) is 9.59 Å². The molecule has 200 valence electrons. The number of halogens is 1. The molecule has 0 radical (unpaired) electrons. The van der Waals surface area contributed by atoms with Crippen molar-refractivity contribution in [2.75, 3.05) is 4.90 Å². The molecule has 3 aromatic carbocycles. The van der Waals surface area contributed by atoms with Gasteiger partial charge in [0.15, 0.2) is 0 Å². The predicted molar refractivity (Wildman–Crippen MR) is 158 cm³/mol. The van der Waals surface area contributed by atoms with Gasteiger partial charge in [-0.2, -0.15) is 4.99 Å². The van der Waals surface area contributed by atoms with Crippen LogP contribution in [-0.2, 0) is 6.54 Å². The number of hydrogen-bond acceptors (Lipinski definition) is 3. The van der Waals surface area contributed by atoms with Crippen LogP contribution in [-0.4, -0.2) is 17.9 Å². The third-order valence-corrected chi connectivity index (χ3v) is 7.20. The van der Waals surface area contributed by atoms with Crippen LogP contribution in [0, 0.1) is 5.53 Å². The van der Waals surface area contributed by atoms with Crippen molar-refractivity contribution in [2.45, 2.75) is 45.2 Å². The molecule has 8 nitrogen and oxygen atoms in total. The number of urea groups is 1. The fourth-order valence-corrected chi connectivity index (χ4v) is 4.73. The van der Waals surface area contributed by atoms with Crippen molar-refractivity contribution >= 4 is 45.1 Å². The number of nitrogens with zero attached hydrogens (tertiary/aromatic N) is 3. The van der Waals surface area contributed by atoms with Crippen molar-refractivity contribution in [3.05, 3.63) is 106 Å². The molecule has 0 saturated heterocycles. The fourth-order valence-electron chi connectivity index (χ4n) is 4.46. The van der Waals surface area contributed by atoms with Crippen LogP contribution >= 0.6 is 15.9 Å². The number of aliphatic imine (C=N–C) groups is 1. The van der Waals surface area contributed by atoms with Gasteiger partial charge in [0.25, 0.3) is 5.91 Å². The highest BCUT2D eigenvalue weighted by Crippen LogP contribution is 2.29. The number of nitrogens with one attached hydrogen (secondary N) is 2. The topological polar surface area (TPSA) is 124 Å². The molecule has 4 N–H and O–H groups in total. The lowest BCUT2D eigenvalue weighted by Crippen LogP contribution is -2.40. The SMILES string of the molecule is CC(NC(=O)N(Cc1ccc(C(=O)N=C(N)N=N)cc1)c1ccc(C2=CCCCC2)cc1)c1ccc(Br)cc1. The van der Waals surface area contributed by atoms with Crippen LogP contribution in [0.2, 0.25) is 0 Å². The lowest BCUT2D eigenvalue weighted by molar-refractivity contribution is 0.100. The van der Waals surface area contributed by atoms with Gasteiger partial charge in [0.1, 0.15) is 0 Å². The van der Waals surface area contributed by atoms with Crippen LogP contribution in [0.3, 0.4) is 0 Å². The Hall–Kier alpha value is -4.11. The molecule has 0 bridgehead atoms. The van der Waals surface area contributed by atoms with Crippen LogP contribution in [0.5, 0.6) is 0 Å². The molecule has 1 atom stereocenters. The zero-order valence-corrected chi connectivity index (χ0v) is 23.3. The summed E-state index contributed by atoms with van der Waals surface area (Å²) in [5.41, 5.74) is 17.7. The van der Waals surface area contributed by atoms with Crippen molar-refractivity contribution in [3.63, 3.8) is 0 Å². The molecule has 3 amide bonds. The van der Waals surface area contributed by atoms with Crippen molar-refractivity contribution < 1.29 is 9.59 Å². The van der Waals surface area contributed by atoms with Gasteiger partial charge in [0.2, 0.25) is 5.96 Å². The molecule has 3 aromatic rings. The fraction of sp³-hybridized carbons (Fsp3) is 0.233. The zero-order valence-electron chi connectivity index (χ0n) is 21.7. The summed E-state index contributed by atoms with van der Waals surface area (Å²) >= 11 is 3.45. The number of rotatable bonds is 7. The maximum absolute atomic E-state index is 13.6. The standard InChI is InChI=1S/C30H31BrN6O2/c1-20(22-11-15-26(31)16-12-22)34-30(39)37(27-17-13-24(14-18-27)23-5-3-2-4-6-23)19-21-7-9-25(10-8-21)28(38)35-29(32)36-33/h5,7-18,20,33H,2-4,6,19H2,1H3,(H,34,39)(H2,32,35,38). The number of nitrogens with two attached hydrogens (primary N) is 1. The van der Waals surface area contributed by atoms with E-state index < -0.39 is 11.9 Å². The highest BCUT2D eigenvalue weighted by molar-refractivity contribution is 9.10. The first-order valence-electron chi connectivity index (χ1n) is 12.8. The quantitative estimate of drug-likeness (QED) is 0.152. The molecule has 0 spiro atoms. The highest BCUT2D eigenvalue weighted by Gasteiger charge is 2.20. The van der Waals surface area contributed by atoms with Gasteiger partial charge in [-0.3, -0.25) is 9.69 Å². The number of anilines is 1. The Morgan fingerprint density at radius 3 is 2.33 bits per heavy atom. The minimum atomic E-state index is -0.583. The molecule has 0 fully saturated rings. The van der Waals surface area contributed by atoms with E-state index in [2.05, 4.69) is 49.6 Å². The summed E-state index contributed by atoms with van der Waals surface area (Å²) in [6.07, 6.45) is 6.92. The van der Waals surface area contributed by atoms with Crippen LogP contribution in [0.1, 0.15) is 65.7 Å². The minimum absolute atomic E-state index is 0.203. The first kappa shape index (κ1) is 27.9. The molecule has 4 rings (SSSR count). The Labute approximate surface area is 236 Å². The van der Waals surface area contributed by atoms with Gasteiger partial charge >= 0.3 is 6.03 Å². The molecule has 39 heavy (non-hydrogen) atoms. The minimum Gasteiger partial charge on any atom is -0.366 e. The molecule has 0 saturated carbocycles. The van der Waals surface area contributed by atoms with Gasteiger partial charge < -0.3 is 11.1 Å². The Morgan fingerprint density at radius 2 is 1.72 bits per heavy atom. The van der Waals surface area contributed by atoms with Gasteiger partial charge in [0.05, 0.1) is 12.6 Å². The summed E-state index contributed by atoms with van der Waals surface area (Å²) < 4.78 is 0.976.